The van der Waals surface area contributed by atoms with E-state index in [1.165, 1.54) is 17.4 Å². The maximum atomic E-state index is 11.9. The zero-order chi connectivity index (χ0) is 12.4. The van der Waals surface area contributed by atoms with E-state index in [1.807, 2.05) is 6.92 Å². The van der Waals surface area contributed by atoms with E-state index in [4.69, 9.17) is 0 Å². The molecule has 4 nitrogen and oxygen atoms in total. The fraction of sp³-hybridized carbons (Fsp3) is 0.0909. The number of aromatic nitrogens is 1. The predicted molar refractivity (Wildman–Crippen MR) is 70.2 cm³/mol. The lowest BCUT2D eigenvalue weighted by atomic mass is 10.1. The van der Waals surface area contributed by atoms with Crippen molar-refractivity contribution in [2.24, 2.45) is 0 Å². The molecule has 0 aliphatic carbocycles. The molecule has 0 aliphatic rings. The number of hydrogen-bond acceptors (Lipinski definition) is 5. The monoisotopic (exact) mass is 266 g/mol. The van der Waals surface area contributed by atoms with Gasteiger partial charge in [0.25, 0.3) is 5.91 Å². The third-order valence-electron chi connectivity index (χ3n) is 2.11. The molecule has 88 valence electrons. The summed E-state index contributed by atoms with van der Waals surface area (Å²) < 4.78 is 0. The summed E-state index contributed by atoms with van der Waals surface area (Å²) in [6, 6.07) is 4.86. The van der Waals surface area contributed by atoms with Crippen LogP contribution in [0.25, 0.3) is 0 Å². The number of benzene rings is 1. The van der Waals surface area contributed by atoms with Crippen molar-refractivity contribution in [1.29, 1.82) is 0 Å². The van der Waals surface area contributed by atoms with E-state index in [2.05, 4.69) is 22.9 Å². The molecule has 0 spiro atoms. The topological polar surface area (TPSA) is 62.2 Å². The Labute approximate surface area is 108 Å². The van der Waals surface area contributed by atoms with Crippen LogP contribution in [0.1, 0.15) is 15.9 Å². The minimum Gasteiger partial charge on any atom is -0.507 e. The van der Waals surface area contributed by atoms with Crippen molar-refractivity contribution < 1.29 is 9.90 Å². The van der Waals surface area contributed by atoms with Gasteiger partial charge in [0.1, 0.15) is 10.8 Å². The fourth-order valence-corrected chi connectivity index (χ4v) is 2.22. The number of rotatable bonds is 2. The number of thiol groups is 1. The lowest BCUT2D eigenvalue weighted by Crippen LogP contribution is -2.12. The largest absolute Gasteiger partial charge is 0.507 e. The second-order valence-electron chi connectivity index (χ2n) is 3.49. The summed E-state index contributed by atoms with van der Waals surface area (Å²) in [5, 5.41) is 14.9. The number of phenolic OH excluding ortho intramolecular Hbond substituents is 1. The van der Waals surface area contributed by atoms with E-state index in [9.17, 15) is 9.90 Å². The molecule has 0 saturated heterocycles. The molecule has 6 heteroatoms. The highest BCUT2D eigenvalue weighted by molar-refractivity contribution is 7.80. The van der Waals surface area contributed by atoms with Crippen molar-refractivity contribution in [3.63, 3.8) is 0 Å². The summed E-state index contributed by atoms with van der Waals surface area (Å²) in [4.78, 5) is 15.9. The van der Waals surface area contributed by atoms with Gasteiger partial charge < -0.3 is 5.11 Å². The van der Waals surface area contributed by atoms with Crippen LogP contribution in [0.4, 0.5) is 5.13 Å². The van der Waals surface area contributed by atoms with E-state index >= 15 is 0 Å². The van der Waals surface area contributed by atoms with Gasteiger partial charge in [-0.2, -0.15) is 0 Å². The van der Waals surface area contributed by atoms with Crippen LogP contribution in [0.3, 0.4) is 0 Å². The number of aromatic hydroxyl groups is 1. The van der Waals surface area contributed by atoms with Gasteiger partial charge in [-0.25, -0.2) is 4.98 Å². The van der Waals surface area contributed by atoms with E-state index in [-0.39, 0.29) is 17.2 Å². The number of nitrogens with one attached hydrogen (secondary N) is 1. The van der Waals surface area contributed by atoms with Crippen LogP contribution >= 0.6 is 24.0 Å². The number of phenols is 1. The number of anilines is 1. The Morgan fingerprint density at radius 1 is 1.53 bits per heavy atom. The molecule has 17 heavy (non-hydrogen) atoms. The molecule has 0 aliphatic heterocycles. The third-order valence-corrected chi connectivity index (χ3v) is 3.27. The molecule has 1 heterocycles. The van der Waals surface area contributed by atoms with E-state index in [0.717, 1.165) is 5.56 Å². The second kappa shape index (κ2) is 4.77. The molecule has 1 aromatic heterocycles. The van der Waals surface area contributed by atoms with Crippen molar-refractivity contribution in [2.45, 2.75) is 11.9 Å². The molecule has 0 atom stereocenters. The Kier molecular flexibility index (Phi) is 3.35. The molecule has 0 saturated carbocycles. The number of amides is 1. The molecule has 2 N–H and O–H groups in total. The summed E-state index contributed by atoms with van der Waals surface area (Å²) >= 11 is 5.33. The van der Waals surface area contributed by atoms with Gasteiger partial charge in [-0.15, -0.1) is 24.0 Å². The normalized spacial score (nSPS) is 10.2. The number of carbonyl (C=O) groups is 1. The average molecular weight is 266 g/mol. The second-order valence-corrected chi connectivity index (χ2v) is 4.80. The molecule has 0 bridgehead atoms. The van der Waals surface area contributed by atoms with Crippen molar-refractivity contribution in [3.8, 4) is 5.75 Å². The van der Waals surface area contributed by atoms with Gasteiger partial charge in [0, 0.05) is 5.38 Å². The quantitative estimate of drug-likeness (QED) is 0.732. The van der Waals surface area contributed by atoms with Gasteiger partial charge in [-0.05, 0) is 19.1 Å². The molecular formula is C11H10N2O2S2. The number of thiazole rings is 1. The lowest BCUT2D eigenvalue weighted by molar-refractivity contribution is 0.102. The van der Waals surface area contributed by atoms with E-state index in [0.29, 0.717) is 10.2 Å². The SMILES string of the molecule is Cc1ccc(O)c(C(=O)Nc2nc(S)cs2)c1. The van der Waals surface area contributed by atoms with E-state index < -0.39 is 0 Å². The average Bonchev–Trinajstić information content (AvgIpc) is 2.67. The zero-order valence-electron chi connectivity index (χ0n) is 8.97. The first-order valence-corrected chi connectivity index (χ1v) is 6.14. The van der Waals surface area contributed by atoms with Crippen LogP contribution < -0.4 is 5.32 Å². The Morgan fingerprint density at radius 3 is 2.94 bits per heavy atom. The summed E-state index contributed by atoms with van der Waals surface area (Å²) in [6.07, 6.45) is 0. The van der Waals surface area contributed by atoms with Crippen molar-refractivity contribution >= 4 is 35.0 Å². The van der Waals surface area contributed by atoms with Gasteiger partial charge in [0.15, 0.2) is 5.13 Å². The van der Waals surface area contributed by atoms with Crippen LogP contribution in [-0.2, 0) is 0 Å². The van der Waals surface area contributed by atoms with Crippen LogP contribution in [0.15, 0.2) is 28.6 Å². The highest BCUT2D eigenvalue weighted by Gasteiger charge is 2.12. The highest BCUT2D eigenvalue weighted by Crippen LogP contribution is 2.22. The van der Waals surface area contributed by atoms with Gasteiger partial charge in [0.05, 0.1) is 5.56 Å². The molecule has 0 radical (unpaired) electrons. The minimum atomic E-state index is -0.381. The molecule has 2 rings (SSSR count). The fourth-order valence-electron chi connectivity index (χ4n) is 1.32. The minimum absolute atomic E-state index is 0.0456. The Balaban J connectivity index is 2.22. The third kappa shape index (κ3) is 2.78. The molecule has 1 aromatic carbocycles. The predicted octanol–water partition coefficient (Wildman–Crippen LogP) is 2.70. The Hall–Kier alpha value is -1.53. The zero-order valence-corrected chi connectivity index (χ0v) is 10.7. The highest BCUT2D eigenvalue weighted by atomic mass is 32.1. The maximum Gasteiger partial charge on any atom is 0.261 e. The van der Waals surface area contributed by atoms with Gasteiger partial charge in [0.2, 0.25) is 0 Å². The number of carbonyl (C=O) groups excluding carboxylic acids is 1. The van der Waals surface area contributed by atoms with Gasteiger partial charge >= 0.3 is 0 Å². The number of aryl methyl sites for hydroxylation is 1. The summed E-state index contributed by atoms with van der Waals surface area (Å²) in [6.45, 7) is 1.85. The van der Waals surface area contributed by atoms with Crippen LogP contribution in [0.2, 0.25) is 0 Å². The molecule has 1 amide bonds. The number of nitrogens with zero attached hydrogens (tertiary/aromatic N) is 1. The summed E-state index contributed by atoms with van der Waals surface area (Å²) in [5.41, 5.74) is 1.14. The molecule has 2 aromatic rings. The van der Waals surface area contributed by atoms with Crippen molar-refractivity contribution in [3.05, 3.63) is 34.7 Å². The molecular weight excluding hydrogens is 256 g/mol. The molecule has 0 fully saturated rings. The Morgan fingerprint density at radius 2 is 2.29 bits per heavy atom. The summed E-state index contributed by atoms with van der Waals surface area (Å²) in [5.74, 6) is -0.426. The first-order chi connectivity index (χ1) is 8.06. The maximum absolute atomic E-state index is 11.9. The first-order valence-electron chi connectivity index (χ1n) is 4.82. The van der Waals surface area contributed by atoms with Crippen molar-refractivity contribution in [1.82, 2.24) is 4.98 Å². The van der Waals surface area contributed by atoms with E-state index in [1.54, 1.807) is 17.5 Å². The van der Waals surface area contributed by atoms with Gasteiger partial charge in [-0.1, -0.05) is 11.6 Å². The van der Waals surface area contributed by atoms with Crippen LogP contribution in [0, 0.1) is 6.92 Å². The standard InChI is InChI=1S/C11H10N2O2S2/c1-6-2-3-8(14)7(4-6)10(15)13-11-12-9(16)5-17-11/h2-5,14,16H,1H3,(H,12,13,15). The van der Waals surface area contributed by atoms with Crippen LogP contribution in [0.5, 0.6) is 5.75 Å². The Bertz CT molecular complexity index is 566. The molecule has 0 unspecified atom stereocenters. The number of hydrogen-bond donors (Lipinski definition) is 3. The first kappa shape index (κ1) is 11.9. The summed E-state index contributed by atoms with van der Waals surface area (Å²) in [7, 11) is 0. The van der Waals surface area contributed by atoms with Crippen molar-refractivity contribution in [2.75, 3.05) is 5.32 Å². The van der Waals surface area contributed by atoms with Gasteiger partial charge in [-0.3, -0.25) is 10.1 Å². The van der Waals surface area contributed by atoms with Crippen LogP contribution in [-0.4, -0.2) is 16.0 Å². The lowest BCUT2D eigenvalue weighted by Gasteiger charge is -2.05. The smallest absolute Gasteiger partial charge is 0.261 e.